The number of rotatable bonds is 6. The zero-order valence-corrected chi connectivity index (χ0v) is 22.9. The maximum absolute atomic E-state index is 10.2. The molecule has 0 fully saturated rings. The quantitative estimate of drug-likeness (QED) is 0.120. The van der Waals surface area contributed by atoms with E-state index in [2.05, 4.69) is 104 Å². The molecule has 1 amide bonds. The molecule has 0 unspecified atom stereocenters. The van der Waals surface area contributed by atoms with Crippen molar-refractivity contribution in [3.63, 3.8) is 0 Å². The molecule has 0 N–H and O–H groups in total. The maximum atomic E-state index is 10.2. The molecule has 0 radical (unpaired) electrons. The van der Waals surface area contributed by atoms with Gasteiger partial charge in [-0.1, -0.05) is 91.0 Å². The fourth-order valence-electron chi connectivity index (χ4n) is 2.99. The number of halogens is 3. The standard InChI is InChI=1S/C18H15P.C7H14NO.CF3.2CO.Fe/c1-4-10-16(11-5-1)19(17-12-6-2-7-13-17)18-14-8-3-9-15-18;1-6(2)8(5-9)7(3)4;2-1(3)4;2*1-2;/h1-15H;6-7H,1-4H3;;;;/q;2*-1;;;+2. The van der Waals surface area contributed by atoms with Crippen LogP contribution in [-0.4, -0.2) is 23.4 Å². The van der Waals surface area contributed by atoms with Crippen LogP contribution >= 0.6 is 7.92 Å². The van der Waals surface area contributed by atoms with Crippen molar-refractivity contribution in [1.29, 1.82) is 0 Å². The fraction of sp³-hybridized carbons (Fsp3) is 0.214. The summed E-state index contributed by atoms with van der Waals surface area (Å²) >= 11 is 0. The molecule has 0 spiro atoms. The van der Waals surface area contributed by atoms with E-state index in [9.17, 15) is 18.0 Å². The van der Waals surface area contributed by atoms with Crippen molar-refractivity contribution < 1.29 is 44.3 Å². The van der Waals surface area contributed by atoms with E-state index in [0.29, 0.717) is 0 Å². The molecule has 3 rings (SSSR count). The number of amides is 1. The minimum atomic E-state index is -3.08. The van der Waals surface area contributed by atoms with Gasteiger partial charge in [-0.15, -0.1) is 0 Å². The van der Waals surface area contributed by atoms with Gasteiger partial charge in [0.05, 0.1) is 0 Å². The summed E-state index contributed by atoms with van der Waals surface area (Å²) in [5.41, 5.74) is 0. The zero-order chi connectivity index (χ0) is 27.9. The Morgan fingerprint density at radius 3 is 1.03 bits per heavy atom. The fourth-order valence-corrected chi connectivity index (χ4v) is 5.29. The first-order chi connectivity index (χ1) is 17.3. The number of nitrogens with zero attached hydrogens (tertiary/aromatic N) is 1. The summed E-state index contributed by atoms with van der Waals surface area (Å²) in [6.45, 7) is 13.8. The second kappa shape index (κ2) is 25.0. The molecule has 3 aromatic rings. The minimum absolute atomic E-state index is 0. The zero-order valence-electron chi connectivity index (χ0n) is 20.9. The largest absolute Gasteiger partial charge is 2.00 e. The van der Waals surface area contributed by atoms with Gasteiger partial charge in [0.15, 0.2) is 6.68 Å². The summed E-state index contributed by atoms with van der Waals surface area (Å²) in [5.74, 6) is 0. The van der Waals surface area contributed by atoms with Crippen LogP contribution in [0.3, 0.4) is 0 Å². The molecule has 0 saturated heterocycles. The molecule has 0 saturated carbocycles. The summed E-state index contributed by atoms with van der Waals surface area (Å²) in [5, 5.41) is 4.19. The second-order valence-corrected chi connectivity index (χ2v) is 9.46. The van der Waals surface area contributed by atoms with Crippen molar-refractivity contribution in [3.8, 4) is 0 Å². The van der Waals surface area contributed by atoms with Crippen molar-refractivity contribution >= 4 is 30.2 Å². The van der Waals surface area contributed by atoms with Gasteiger partial charge < -0.3 is 22.9 Å². The molecular weight excluding hydrogens is 542 g/mol. The van der Waals surface area contributed by atoms with Crippen molar-refractivity contribution in [2.75, 3.05) is 0 Å². The summed E-state index contributed by atoms with van der Waals surface area (Å²) in [6.07, 6.45) is 1.88. The van der Waals surface area contributed by atoms with Crippen molar-refractivity contribution in [3.05, 3.63) is 111 Å². The number of carbonyl (C=O) groups excluding carboxylic acids is 1. The Morgan fingerprint density at radius 2 is 0.892 bits per heavy atom. The van der Waals surface area contributed by atoms with E-state index in [4.69, 9.17) is 9.30 Å². The van der Waals surface area contributed by atoms with E-state index < -0.39 is 14.6 Å². The van der Waals surface area contributed by atoms with Gasteiger partial charge >= 0.3 is 39.7 Å². The predicted molar refractivity (Wildman–Crippen MR) is 137 cm³/mol. The van der Waals surface area contributed by atoms with Gasteiger partial charge in [-0.2, -0.15) is 6.41 Å². The third-order valence-electron chi connectivity index (χ3n) is 4.26. The van der Waals surface area contributed by atoms with E-state index in [1.807, 2.05) is 34.1 Å². The van der Waals surface area contributed by atoms with Crippen LogP contribution in [0.15, 0.2) is 91.0 Å². The first-order valence-electron chi connectivity index (χ1n) is 10.6. The van der Waals surface area contributed by atoms with Crippen LogP contribution in [0.1, 0.15) is 27.7 Å². The molecule has 0 heterocycles. The van der Waals surface area contributed by atoms with Crippen LogP contribution < -0.4 is 15.9 Å². The Morgan fingerprint density at radius 1 is 0.676 bits per heavy atom. The van der Waals surface area contributed by atoms with Crippen LogP contribution in [0.2, 0.25) is 0 Å². The third kappa shape index (κ3) is 17.4. The first-order valence-corrected chi connectivity index (χ1v) is 12.0. The molecule has 0 aliphatic rings. The maximum Gasteiger partial charge on any atom is 2.00 e. The Labute approximate surface area is 229 Å². The molecule has 4 nitrogen and oxygen atoms in total. The summed E-state index contributed by atoms with van der Waals surface area (Å²) in [4.78, 5) is 11.8. The van der Waals surface area contributed by atoms with Crippen LogP contribution in [0.25, 0.3) is 0 Å². The first kappa shape index (κ1) is 38.9. The molecule has 0 bridgehead atoms. The van der Waals surface area contributed by atoms with Crippen LogP contribution in [0.4, 0.5) is 13.2 Å². The van der Waals surface area contributed by atoms with Gasteiger partial charge in [0, 0.05) is 0 Å². The Bertz CT molecular complexity index is 850. The minimum Gasteiger partial charge on any atom is -0.0622 e. The van der Waals surface area contributed by atoms with Gasteiger partial charge in [0.1, 0.15) is 0 Å². The molecule has 0 aliphatic heterocycles. The number of benzene rings is 3. The Balaban J connectivity index is -0.000000544. The molecule has 9 heteroatoms. The number of hydrogen-bond acceptors (Lipinski definition) is 1. The van der Waals surface area contributed by atoms with E-state index in [1.54, 1.807) is 4.90 Å². The van der Waals surface area contributed by atoms with E-state index in [0.717, 1.165) is 0 Å². The van der Waals surface area contributed by atoms with Crippen molar-refractivity contribution in [2.45, 2.75) is 39.8 Å². The monoisotopic (exact) mass is 571 g/mol. The van der Waals surface area contributed by atoms with Gasteiger partial charge in [-0.05, 0) is 63.6 Å². The van der Waals surface area contributed by atoms with Gasteiger partial charge in [-0.25, -0.2) is 0 Å². The summed E-state index contributed by atoms with van der Waals surface area (Å²) in [6, 6.07) is 32.9. The molecule has 0 aliphatic carbocycles. The average Bonchev–Trinajstić information content (AvgIpc) is 2.89. The van der Waals surface area contributed by atoms with E-state index in [1.165, 1.54) is 15.9 Å². The summed E-state index contributed by atoms with van der Waals surface area (Å²) < 4.78 is 43.8. The van der Waals surface area contributed by atoms with Crippen molar-refractivity contribution in [1.82, 2.24) is 4.90 Å². The Kier molecular flexibility index (Phi) is 26.3. The number of hydrogen-bond donors (Lipinski definition) is 0. The van der Waals surface area contributed by atoms with E-state index >= 15 is 0 Å². The van der Waals surface area contributed by atoms with Crippen molar-refractivity contribution in [2.24, 2.45) is 0 Å². The SMILES string of the molecule is CC(C)N([C-]=O)C(C)C.F[C-](F)F.[C-]#[O+].[C-]#[O+].[Fe+2].c1ccc(P(c2ccccc2)c2ccccc2)cc1. The second-order valence-electron chi connectivity index (χ2n) is 7.24. The molecule has 0 atom stereocenters. The summed E-state index contributed by atoms with van der Waals surface area (Å²) in [7, 11) is -0.446. The molecular formula is C28H29F3FeNO3P. The van der Waals surface area contributed by atoms with Gasteiger partial charge in [0.25, 0.3) is 0 Å². The topological polar surface area (TPSA) is 60.1 Å². The van der Waals surface area contributed by atoms with Crippen LogP contribution in [0.5, 0.6) is 0 Å². The Hall–Kier alpha value is -2.65. The third-order valence-corrected chi connectivity index (χ3v) is 6.70. The molecule has 0 aromatic heterocycles. The molecule has 37 heavy (non-hydrogen) atoms. The smallest absolute Gasteiger partial charge is 0.0622 e. The van der Waals surface area contributed by atoms with Crippen LogP contribution in [-0.2, 0) is 31.2 Å². The molecule has 198 valence electrons. The van der Waals surface area contributed by atoms with Crippen LogP contribution in [0, 0.1) is 20.0 Å². The van der Waals surface area contributed by atoms with E-state index in [-0.39, 0.29) is 29.2 Å². The normalized spacial score (nSPS) is 9.05. The predicted octanol–water partition coefficient (Wildman–Crippen LogP) is 5.88. The van der Waals surface area contributed by atoms with Gasteiger partial charge in [0.2, 0.25) is 0 Å². The van der Waals surface area contributed by atoms with Gasteiger partial charge in [-0.3, -0.25) is 0 Å². The average molecular weight is 571 g/mol. The molecule has 3 aromatic carbocycles.